The van der Waals surface area contributed by atoms with Crippen molar-refractivity contribution in [3.63, 3.8) is 0 Å². The van der Waals surface area contributed by atoms with E-state index in [2.05, 4.69) is 0 Å². The van der Waals surface area contributed by atoms with Crippen LogP contribution in [-0.2, 0) is 0 Å². The van der Waals surface area contributed by atoms with Crippen LogP contribution in [0.3, 0.4) is 0 Å². The lowest BCUT2D eigenvalue weighted by Crippen LogP contribution is -2.15. The van der Waals surface area contributed by atoms with E-state index in [1.54, 1.807) is 24.3 Å². The van der Waals surface area contributed by atoms with Crippen LogP contribution in [0.4, 0.5) is 0 Å². The van der Waals surface area contributed by atoms with E-state index in [-0.39, 0.29) is 21.7 Å². The average molecular weight is 320 g/mol. The van der Waals surface area contributed by atoms with Gasteiger partial charge in [-0.25, -0.2) is 0 Å². The Balaban J connectivity index is 2.42. The molecule has 24 heavy (non-hydrogen) atoms. The van der Waals surface area contributed by atoms with E-state index >= 15 is 0 Å². The topological polar surface area (TPSA) is 60.4 Å². The van der Waals surface area contributed by atoms with Gasteiger partial charge in [0.2, 0.25) is 21.7 Å². The summed E-state index contributed by atoms with van der Waals surface area (Å²) >= 11 is 0. The van der Waals surface area contributed by atoms with Crippen molar-refractivity contribution < 1.29 is 8.83 Å². The summed E-state index contributed by atoms with van der Waals surface area (Å²) < 4.78 is 11.8. The summed E-state index contributed by atoms with van der Waals surface area (Å²) in [5, 5.41) is 0.706. The van der Waals surface area contributed by atoms with Crippen LogP contribution < -0.4 is 10.9 Å². The third-order valence-corrected chi connectivity index (χ3v) is 5.02. The number of aryl methyl sites for hydroxylation is 2. The zero-order valence-electron chi connectivity index (χ0n) is 13.9. The van der Waals surface area contributed by atoms with Crippen LogP contribution in [0.2, 0.25) is 0 Å². The maximum absolute atomic E-state index is 12.7. The minimum absolute atomic E-state index is 0.0167. The summed E-state index contributed by atoms with van der Waals surface area (Å²) in [6.45, 7) is 7.87. The Morgan fingerprint density at radius 1 is 0.625 bits per heavy atom. The van der Waals surface area contributed by atoms with Crippen molar-refractivity contribution in [2.45, 2.75) is 27.7 Å². The van der Waals surface area contributed by atoms with E-state index in [1.165, 1.54) is 0 Å². The fourth-order valence-electron chi connectivity index (χ4n) is 3.21. The Bertz CT molecular complexity index is 1220. The van der Waals surface area contributed by atoms with Crippen molar-refractivity contribution >= 4 is 21.9 Å². The van der Waals surface area contributed by atoms with Gasteiger partial charge < -0.3 is 8.83 Å². The summed E-state index contributed by atoms with van der Waals surface area (Å²) in [5.41, 5.74) is 4.39. The summed E-state index contributed by atoms with van der Waals surface area (Å²) in [7, 11) is 0. The fourth-order valence-corrected chi connectivity index (χ4v) is 3.21. The average Bonchev–Trinajstić information content (AvgIpc) is 2.61. The second kappa shape index (κ2) is 4.81. The predicted octanol–water partition coefficient (Wildman–Crippen LogP) is 3.86. The smallest absolute Gasteiger partial charge is 0.233 e. The van der Waals surface area contributed by atoms with Crippen molar-refractivity contribution in [2.75, 3.05) is 0 Å². The number of hydrogen-bond donors (Lipinski definition) is 0. The summed E-state index contributed by atoms with van der Waals surface area (Å²) in [4.78, 5) is 25.5. The summed E-state index contributed by atoms with van der Waals surface area (Å²) in [5.74, 6) is 0. The number of rotatable bonds is 0. The highest BCUT2D eigenvalue weighted by Gasteiger charge is 2.17. The highest BCUT2D eigenvalue weighted by molar-refractivity contribution is 5.83. The molecule has 2 aromatic rings. The number of hydrogen-bond acceptors (Lipinski definition) is 4. The molecule has 0 bridgehead atoms. The van der Waals surface area contributed by atoms with Crippen LogP contribution in [0.5, 0.6) is 0 Å². The van der Waals surface area contributed by atoms with Gasteiger partial charge >= 0.3 is 0 Å². The number of benzene rings is 2. The van der Waals surface area contributed by atoms with Gasteiger partial charge in [0, 0.05) is 10.8 Å². The SMILES string of the molecule is Cc1c(C)c(C)c2oc3c(=O)c4ccccc4c(=O)c=3oc2c1C. The largest absolute Gasteiger partial charge is 0.445 e. The van der Waals surface area contributed by atoms with Gasteiger partial charge in [0.1, 0.15) is 0 Å². The highest BCUT2D eigenvalue weighted by atomic mass is 16.4. The van der Waals surface area contributed by atoms with E-state index in [0.717, 1.165) is 22.3 Å². The van der Waals surface area contributed by atoms with E-state index in [0.29, 0.717) is 21.9 Å². The van der Waals surface area contributed by atoms with Crippen LogP contribution in [-0.4, -0.2) is 0 Å². The lowest BCUT2D eigenvalue weighted by Gasteiger charge is -2.12. The van der Waals surface area contributed by atoms with E-state index < -0.39 is 0 Å². The molecule has 0 N–H and O–H groups in total. The summed E-state index contributed by atoms with van der Waals surface area (Å²) in [6, 6.07) is 6.74. The molecule has 4 heteroatoms. The minimum atomic E-state index is -0.318. The molecule has 4 nitrogen and oxygen atoms in total. The summed E-state index contributed by atoms with van der Waals surface area (Å²) in [6.07, 6.45) is 0. The second-order valence-electron chi connectivity index (χ2n) is 6.22. The van der Waals surface area contributed by atoms with Crippen molar-refractivity contribution in [2.24, 2.45) is 0 Å². The zero-order valence-corrected chi connectivity index (χ0v) is 13.9. The third kappa shape index (κ3) is 1.74. The Labute approximate surface area is 137 Å². The van der Waals surface area contributed by atoms with Gasteiger partial charge in [-0.15, -0.1) is 0 Å². The van der Waals surface area contributed by atoms with E-state index in [1.807, 2.05) is 27.7 Å². The molecule has 0 aromatic heterocycles. The zero-order chi connectivity index (χ0) is 17.2. The van der Waals surface area contributed by atoms with Crippen molar-refractivity contribution in [3.8, 4) is 0 Å². The predicted molar refractivity (Wildman–Crippen MR) is 92.8 cm³/mol. The molecule has 0 spiro atoms. The quantitative estimate of drug-likeness (QED) is 0.493. The molecule has 0 radical (unpaired) electrons. The van der Waals surface area contributed by atoms with Crippen molar-refractivity contribution in [1.82, 2.24) is 0 Å². The molecule has 1 heterocycles. The van der Waals surface area contributed by atoms with Gasteiger partial charge in [0.05, 0.1) is 0 Å². The van der Waals surface area contributed by atoms with Crippen LogP contribution in [0, 0.1) is 38.5 Å². The molecule has 1 aliphatic heterocycles. The molecule has 0 fully saturated rings. The van der Waals surface area contributed by atoms with Crippen LogP contribution in [0.25, 0.3) is 21.9 Å². The molecule has 0 amide bonds. The van der Waals surface area contributed by atoms with Gasteiger partial charge in [0.25, 0.3) is 0 Å². The Morgan fingerprint density at radius 3 is 1.38 bits per heavy atom. The molecular formula is C20H16O4. The Kier molecular flexibility index (Phi) is 2.94. The first-order chi connectivity index (χ1) is 11.4. The second-order valence-corrected chi connectivity index (χ2v) is 6.22. The van der Waals surface area contributed by atoms with Crippen LogP contribution in [0.1, 0.15) is 22.3 Å². The van der Waals surface area contributed by atoms with Crippen LogP contribution >= 0.6 is 0 Å². The molecular weight excluding hydrogens is 304 g/mol. The van der Waals surface area contributed by atoms with E-state index in [9.17, 15) is 9.59 Å². The molecule has 1 aliphatic carbocycles. The molecule has 0 saturated heterocycles. The molecule has 2 aliphatic rings. The van der Waals surface area contributed by atoms with Gasteiger partial charge in [0.15, 0.2) is 11.2 Å². The van der Waals surface area contributed by atoms with Crippen molar-refractivity contribution in [3.05, 3.63) is 77.8 Å². The molecule has 0 atom stereocenters. The maximum atomic E-state index is 12.7. The van der Waals surface area contributed by atoms with Crippen LogP contribution in [0.15, 0.2) is 42.7 Å². The minimum Gasteiger partial charge on any atom is -0.445 e. The maximum Gasteiger partial charge on any atom is 0.233 e. The monoisotopic (exact) mass is 320 g/mol. The molecule has 0 unspecified atom stereocenters. The van der Waals surface area contributed by atoms with Gasteiger partial charge in [-0.3, -0.25) is 9.59 Å². The van der Waals surface area contributed by atoms with Gasteiger partial charge in [-0.2, -0.15) is 0 Å². The van der Waals surface area contributed by atoms with Crippen molar-refractivity contribution in [1.29, 1.82) is 0 Å². The lowest BCUT2D eigenvalue weighted by molar-refractivity contribution is 0.464. The lowest BCUT2D eigenvalue weighted by atomic mass is 9.98. The standard InChI is InChI=1S/C20H16O4/c1-9-10(2)12(4)18-17(11(9)3)23-19-15(21)13-7-5-6-8-14(13)16(22)20(19)24-18/h5-8H,1-4H3. The Morgan fingerprint density at radius 2 is 1.00 bits per heavy atom. The third-order valence-electron chi connectivity index (χ3n) is 5.02. The fraction of sp³-hybridized carbons (Fsp3) is 0.200. The van der Waals surface area contributed by atoms with E-state index in [4.69, 9.17) is 8.83 Å². The molecule has 2 aromatic carbocycles. The Hall–Kier alpha value is -2.88. The van der Waals surface area contributed by atoms with Gasteiger partial charge in [-0.1, -0.05) is 24.3 Å². The number of fused-ring (bicyclic) bond motifs is 2. The molecule has 120 valence electrons. The highest BCUT2D eigenvalue weighted by Crippen LogP contribution is 2.29. The normalized spacial score (nSPS) is 11.7. The first-order valence-electron chi connectivity index (χ1n) is 7.80. The van der Waals surface area contributed by atoms with Gasteiger partial charge in [-0.05, 0) is 49.9 Å². The molecule has 0 saturated carbocycles. The first-order valence-corrected chi connectivity index (χ1v) is 7.80. The first kappa shape index (κ1) is 14.7. The molecule has 4 rings (SSSR count).